The minimum atomic E-state index is -0.161. The highest BCUT2D eigenvalue weighted by molar-refractivity contribution is 6.34. The average Bonchev–Trinajstić information content (AvgIpc) is 2.48. The van der Waals surface area contributed by atoms with Gasteiger partial charge in [-0.2, -0.15) is 0 Å². The van der Waals surface area contributed by atoms with E-state index in [1.165, 1.54) is 0 Å². The van der Waals surface area contributed by atoms with Crippen LogP contribution in [0.15, 0.2) is 42.5 Å². The van der Waals surface area contributed by atoms with Gasteiger partial charge in [0.15, 0.2) is 0 Å². The standard InChI is InChI=1S/C17H18Cl2N2O2/c1-21(11-12-2-4-16(22)5-3-12)17(23)20-7-6-13-8-14(18)10-15(19)9-13/h2-5,8-10,22H,6-7,11H2,1H3,(H,20,23). The molecule has 6 heteroatoms. The summed E-state index contributed by atoms with van der Waals surface area (Å²) in [5, 5.41) is 13.3. The Balaban J connectivity index is 1.80. The molecule has 0 saturated carbocycles. The van der Waals surface area contributed by atoms with Gasteiger partial charge in [0.1, 0.15) is 5.75 Å². The molecule has 0 radical (unpaired) electrons. The van der Waals surface area contributed by atoms with Crippen LogP contribution >= 0.6 is 23.2 Å². The number of hydrogen-bond acceptors (Lipinski definition) is 2. The van der Waals surface area contributed by atoms with Crippen molar-refractivity contribution in [2.45, 2.75) is 13.0 Å². The predicted octanol–water partition coefficient (Wildman–Crippen LogP) is 4.08. The number of urea groups is 1. The third-order valence-electron chi connectivity index (χ3n) is 3.32. The van der Waals surface area contributed by atoms with Crippen molar-refractivity contribution in [2.24, 2.45) is 0 Å². The monoisotopic (exact) mass is 352 g/mol. The predicted molar refractivity (Wildman–Crippen MR) is 93.1 cm³/mol. The van der Waals surface area contributed by atoms with Gasteiger partial charge in [-0.1, -0.05) is 35.3 Å². The number of aromatic hydroxyl groups is 1. The van der Waals surface area contributed by atoms with E-state index in [1.807, 2.05) is 12.1 Å². The van der Waals surface area contributed by atoms with Crippen molar-refractivity contribution in [3.05, 3.63) is 63.6 Å². The minimum absolute atomic E-state index is 0.161. The van der Waals surface area contributed by atoms with Gasteiger partial charge in [0.05, 0.1) is 0 Å². The Morgan fingerprint density at radius 2 is 1.70 bits per heavy atom. The number of carbonyl (C=O) groups excluding carboxylic acids is 1. The number of rotatable bonds is 5. The third kappa shape index (κ3) is 5.66. The summed E-state index contributed by atoms with van der Waals surface area (Å²) in [6.07, 6.45) is 0.652. The fourth-order valence-corrected chi connectivity index (χ4v) is 2.72. The molecule has 2 aromatic rings. The van der Waals surface area contributed by atoms with Crippen LogP contribution in [0.2, 0.25) is 10.0 Å². The molecule has 2 N–H and O–H groups in total. The minimum Gasteiger partial charge on any atom is -0.508 e. The largest absolute Gasteiger partial charge is 0.508 e. The molecular formula is C17H18Cl2N2O2. The van der Waals surface area contributed by atoms with Gasteiger partial charge >= 0.3 is 6.03 Å². The summed E-state index contributed by atoms with van der Waals surface area (Å²) in [5.74, 6) is 0.209. The average molecular weight is 353 g/mol. The SMILES string of the molecule is CN(Cc1ccc(O)cc1)C(=O)NCCc1cc(Cl)cc(Cl)c1. The fourth-order valence-electron chi connectivity index (χ4n) is 2.15. The van der Waals surface area contributed by atoms with Crippen molar-refractivity contribution < 1.29 is 9.90 Å². The smallest absolute Gasteiger partial charge is 0.317 e. The van der Waals surface area contributed by atoms with Gasteiger partial charge in [-0.25, -0.2) is 4.79 Å². The molecule has 2 rings (SSSR count). The molecule has 0 aromatic heterocycles. The van der Waals surface area contributed by atoms with Crippen molar-refractivity contribution >= 4 is 29.2 Å². The summed E-state index contributed by atoms with van der Waals surface area (Å²) in [6.45, 7) is 0.963. The second-order valence-electron chi connectivity index (χ2n) is 5.28. The second kappa shape index (κ2) is 8.09. The summed E-state index contributed by atoms with van der Waals surface area (Å²) in [6, 6.07) is 12.0. The molecule has 0 atom stereocenters. The van der Waals surface area contributed by atoms with E-state index in [0.717, 1.165) is 11.1 Å². The Kier molecular flexibility index (Phi) is 6.13. The number of nitrogens with zero attached hydrogens (tertiary/aromatic N) is 1. The van der Waals surface area contributed by atoms with E-state index in [0.29, 0.717) is 29.6 Å². The van der Waals surface area contributed by atoms with Gasteiger partial charge in [-0.05, 0) is 47.9 Å². The number of nitrogens with one attached hydrogen (secondary N) is 1. The van der Waals surface area contributed by atoms with Gasteiger partial charge in [-0.3, -0.25) is 0 Å². The summed E-state index contributed by atoms with van der Waals surface area (Å²) in [4.78, 5) is 13.6. The molecule has 0 spiro atoms. The van der Waals surface area contributed by atoms with Gasteiger partial charge in [0.25, 0.3) is 0 Å². The first kappa shape index (κ1) is 17.4. The number of phenols is 1. The van der Waals surface area contributed by atoms with Gasteiger partial charge in [0, 0.05) is 30.2 Å². The number of halogens is 2. The lowest BCUT2D eigenvalue weighted by Crippen LogP contribution is -2.37. The Bertz CT molecular complexity index is 655. The Morgan fingerprint density at radius 1 is 1.09 bits per heavy atom. The Morgan fingerprint density at radius 3 is 2.30 bits per heavy atom. The zero-order valence-corrected chi connectivity index (χ0v) is 14.2. The van der Waals surface area contributed by atoms with Crippen LogP contribution in [-0.4, -0.2) is 29.6 Å². The van der Waals surface area contributed by atoms with E-state index in [1.54, 1.807) is 42.3 Å². The van der Waals surface area contributed by atoms with Crippen LogP contribution in [0, 0.1) is 0 Å². The summed E-state index contributed by atoms with van der Waals surface area (Å²) < 4.78 is 0. The maximum Gasteiger partial charge on any atom is 0.317 e. The molecule has 0 aliphatic carbocycles. The maximum atomic E-state index is 12.1. The molecule has 0 fully saturated rings. The number of amides is 2. The molecule has 2 amide bonds. The lowest BCUT2D eigenvalue weighted by molar-refractivity contribution is 0.207. The highest BCUT2D eigenvalue weighted by atomic mass is 35.5. The van der Waals surface area contributed by atoms with Crippen molar-refractivity contribution in [1.82, 2.24) is 10.2 Å². The van der Waals surface area contributed by atoms with E-state index < -0.39 is 0 Å². The lowest BCUT2D eigenvalue weighted by atomic mass is 10.1. The molecule has 23 heavy (non-hydrogen) atoms. The Hall–Kier alpha value is -1.91. The molecule has 0 aliphatic rings. The van der Waals surface area contributed by atoms with Crippen LogP contribution < -0.4 is 5.32 Å². The molecule has 122 valence electrons. The first-order valence-electron chi connectivity index (χ1n) is 7.16. The van der Waals surface area contributed by atoms with Crippen LogP contribution in [0.25, 0.3) is 0 Å². The van der Waals surface area contributed by atoms with Crippen LogP contribution in [0.4, 0.5) is 4.79 Å². The van der Waals surface area contributed by atoms with Crippen LogP contribution in [0.1, 0.15) is 11.1 Å². The molecular weight excluding hydrogens is 335 g/mol. The van der Waals surface area contributed by atoms with Gasteiger partial charge < -0.3 is 15.3 Å². The van der Waals surface area contributed by atoms with E-state index in [2.05, 4.69) is 5.32 Å². The number of carbonyl (C=O) groups is 1. The van der Waals surface area contributed by atoms with Crippen molar-refractivity contribution in [2.75, 3.05) is 13.6 Å². The summed E-state index contributed by atoms with van der Waals surface area (Å²) >= 11 is 11.9. The molecule has 2 aromatic carbocycles. The molecule has 0 heterocycles. The lowest BCUT2D eigenvalue weighted by Gasteiger charge is -2.18. The first-order chi connectivity index (χ1) is 10.9. The van der Waals surface area contributed by atoms with Crippen LogP contribution in [-0.2, 0) is 13.0 Å². The van der Waals surface area contributed by atoms with Crippen LogP contribution in [0.3, 0.4) is 0 Å². The third-order valence-corrected chi connectivity index (χ3v) is 3.75. The fraction of sp³-hybridized carbons (Fsp3) is 0.235. The van der Waals surface area contributed by atoms with Gasteiger partial charge in [-0.15, -0.1) is 0 Å². The highest BCUT2D eigenvalue weighted by Gasteiger charge is 2.08. The molecule has 0 saturated heterocycles. The quantitative estimate of drug-likeness (QED) is 0.851. The molecule has 0 bridgehead atoms. The van der Waals surface area contributed by atoms with Crippen molar-refractivity contribution in [3.8, 4) is 5.75 Å². The molecule has 4 nitrogen and oxygen atoms in total. The van der Waals surface area contributed by atoms with Crippen molar-refractivity contribution in [3.63, 3.8) is 0 Å². The molecule has 0 aliphatic heterocycles. The zero-order chi connectivity index (χ0) is 16.8. The van der Waals surface area contributed by atoms with Crippen molar-refractivity contribution in [1.29, 1.82) is 0 Å². The number of phenolic OH excluding ortho intramolecular Hbond substituents is 1. The van der Waals surface area contributed by atoms with E-state index in [4.69, 9.17) is 23.2 Å². The highest BCUT2D eigenvalue weighted by Crippen LogP contribution is 2.19. The zero-order valence-electron chi connectivity index (χ0n) is 12.7. The van der Waals surface area contributed by atoms with E-state index in [9.17, 15) is 9.90 Å². The van der Waals surface area contributed by atoms with E-state index in [-0.39, 0.29) is 11.8 Å². The Labute approximate surface area is 145 Å². The summed E-state index contributed by atoms with van der Waals surface area (Å²) in [7, 11) is 1.72. The van der Waals surface area contributed by atoms with Gasteiger partial charge in [0.2, 0.25) is 0 Å². The van der Waals surface area contributed by atoms with E-state index >= 15 is 0 Å². The number of benzene rings is 2. The number of hydrogen-bond donors (Lipinski definition) is 2. The summed E-state index contributed by atoms with van der Waals surface area (Å²) in [5.41, 5.74) is 1.92. The topological polar surface area (TPSA) is 52.6 Å². The second-order valence-corrected chi connectivity index (χ2v) is 6.16. The molecule has 0 unspecified atom stereocenters. The normalized spacial score (nSPS) is 10.4. The first-order valence-corrected chi connectivity index (χ1v) is 7.91. The maximum absolute atomic E-state index is 12.1. The van der Waals surface area contributed by atoms with Crippen LogP contribution in [0.5, 0.6) is 5.75 Å².